The van der Waals surface area contributed by atoms with E-state index in [1.165, 1.54) is 43.0 Å². The summed E-state index contributed by atoms with van der Waals surface area (Å²) in [4.78, 5) is 36.2. The van der Waals surface area contributed by atoms with Gasteiger partial charge in [0.2, 0.25) is 0 Å². The average Bonchev–Trinajstić information content (AvgIpc) is 3.07. The summed E-state index contributed by atoms with van der Waals surface area (Å²) < 4.78 is 11.4. The van der Waals surface area contributed by atoms with Gasteiger partial charge in [-0.3, -0.25) is 14.4 Å². The molecule has 0 saturated carbocycles. The molecule has 0 spiro atoms. The van der Waals surface area contributed by atoms with E-state index in [2.05, 4.69) is 5.32 Å². The molecule has 0 aliphatic carbocycles. The van der Waals surface area contributed by atoms with Crippen molar-refractivity contribution in [2.45, 2.75) is 6.92 Å². The van der Waals surface area contributed by atoms with Gasteiger partial charge in [0.1, 0.15) is 17.1 Å². The summed E-state index contributed by atoms with van der Waals surface area (Å²) in [5, 5.41) is 12.5. The molecule has 2 N–H and O–H groups in total. The van der Waals surface area contributed by atoms with E-state index in [4.69, 9.17) is 9.15 Å². The van der Waals surface area contributed by atoms with Crippen LogP contribution in [0.25, 0.3) is 6.08 Å². The number of nitrogens with one attached hydrogen (secondary N) is 1. The van der Waals surface area contributed by atoms with Crippen molar-refractivity contribution in [1.29, 1.82) is 0 Å². The summed E-state index contributed by atoms with van der Waals surface area (Å²) in [6.07, 6.45) is 2.43. The Balaban J connectivity index is 2.14. The van der Waals surface area contributed by atoms with E-state index in [1.54, 1.807) is 6.92 Å². The van der Waals surface area contributed by atoms with Crippen molar-refractivity contribution < 1.29 is 23.8 Å². The van der Waals surface area contributed by atoms with Crippen LogP contribution in [-0.2, 0) is 11.8 Å². The Morgan fingerprint density at radius 1 is 1.38 bits per heavy atom. The first-order valence-electron chi connectivity index (χ1n) is 7.84. The maximum atomic E-state index is 12.2. The summed E-state index contributed by atoms with van der Waals surface area (Å²) in [5.41, 5.74) is -0.378. The van der Waals surface area contributed by atoms with E-state index in [-0.39, 0.29) is 22.8 Å². The maximum absolute atomic E-state index is 12.2. The SMILES string of the molecule is COCCNC(=O)c1ccc(/C=C/C(=O)c2c(O)cc(C)n(C)c2=O)o1. The predicted octanol–water partition coefficient (Wildman–Crippen LogP) is 1.26. The molecule has 8 heteroatoms. The average molecular weight is 360 g/mol. The molecule has 0 fully saturated rings. The van der Waals surface area contributed by atoms with Crippen molar-refractivity contribution in [3.05, 3.63) is 57.4 Å². The molecule has 0 aliphatic heterocycles. The number of hydrogen-bond donors (Lipinski definition) is 2. The number of amides is 1. The number of allylic oxidation sites excluding steroid dienone is 1. The van der Waals surface area contributed by atoms with Gasteiger partial charge in [-0.25, -0.2) is 0 Å². The van der Waals surface area contributed by atoms with Crippen LogP contribution in [0.1, 0.15) is 32.4 Å². The number of ketones is 1. The van der Waals surface area contributed by atoms with E-state index in [1.807, 2.05) is 0 Å². The summed E-state index contributed by atoms with van der Waals surface area (Å²) in [7, 11) is 3.04. The fourth-order valence-electron chi connectivity index (χ4n) is 2.20. The number of aryl methyl sites for hydroxylation is 1. The molecule has 2 rings (SSSR count). The molecule has 0 unspecified atom stereocenters. The topological polar surface area (TPSA) is 111 Å². The van der Waals surface area contributed by atoms with Crippen LogP contribution in [0.4, 0.5) is 0 Å². The molecule has 0 aromatic carbocycles. The zero-order valence-corrected chi connectivity index (χ0v) is 14.7. The number of aromatic hydroxyl groups is 1. The number of hydrogen-bond acceptors (Lipinski definition) is 6. The van der Waals surface area contributed by atoms with E-state index < -0.39 is 17.2 Å². The number of carbonyl (C=O) groups excluding carboxylic acids is 2. The van der Waals surface area contributed by atoms with Gasteiger partial charge in [0.25, 0.3) is 11.5 Å². The van der Waals surface area contributed by atoms with Crippen LogP contribution in [0.2, 0.25) is 0 Å². The Hall–Kier alpha value is -3.13. The Kier molecular flexibility index (Phi) is 6.13. The molecular weight excluding hydrogens is 340 g/mol. The molecule has 138 valence electrons. The Morgan fingerprint density at radius 3 is 2.81 bits per heavy atom. The smallest absolute Gasteiger partial charge is 0.287 e. The van der Waals surface area contributed by atoms with Gasteiger partial charge in [-0.15, -0.1) is 0 Å². The van der Waals surface area contributed by atoms with Crippen molar-refractivity contribution >= 4 is 17.8 Å². The van der Waals surface area contributed by atoms with Gasteiger partial charge >= 0.3 is 0 Å². The lowest BCUT2D eigenvalue weighted by molar-refractivity contribution is 0.0909. The number of methoxy groups -OCH3 is 1. The second kappa shape index (κ2) is 8.30. The molecule has 2 heterocycles. The second-order valence-corrected chi connectivity index (χ2v) is 5.56. The lowest BCUT2D eigenvalue weighted by Crippen LogP contribution is -2.26. The van der Waals surface area contributed by atoms with Gasteiger partial charge in [-0.1, -0.05) is 0 Å². The van der Waals surface area contributed by atoms with Crippen molar-refractivity contribution in [2.24, 2.45) is 7.05 Å². The third kappa shape index (κ3) is 4.28. The largest absolute Gasteiger partial charge is 0.507 e. The minimum Gasteiger partial charge on any atom is -0.507 e. The molecule has 26 heavy (non-hydrogen) atoms. The summed E-state index contributed by atoms with van der Waals surface area (Å²) >= 11 is 0. The molecule has 8 nitrogen and oxygen atoms in total. The minimum atomic E-state index is -0.661. The first-order chi connectivity index (χ1) is 12.3. The van der Waals surface area contributed by atoms with Crippen molar-refractivity contribution in [3.63, 3.8) is 0 Å². The normalized spacial score (nSPS) is 11.0. The molecule has 2 aromatic rings. The number of carbonyl (C=O) groups is 2. The van der Waals surface area contributed by atoms with Crippen molar-refractivity contribution in [1.82, 2.24) is 9.88 Å². The summed E-state index contributed by atoms with van der Waals surface area (Å²) in [6, 6.07) is 4.33. The molecule has 1 amide bonds. The standard InChI is InChI=1S/C18H20N2O6/c1-11-10-14(22)16(18(24)20(11)2)13(21)6-4-12-5-7-15(26-12)17(23)19-8-9-25-3/h4-7,10,22H,8-9H2,1-3H3,(H,19,23)/b6-4+. The second-order valence-electron chi connectivity index (χ2n) is 5.56. The number of furan rings is 1. The molecule has 0 aliphatic rings. The number of aromatic nitrogens is 1. The van der Waals surface area contributed by atoms with Crippen LogP contribution in [0.5, 0.6) is 5.75 Å². The van der Waals surface area contributed by atoms with Crippen molar-refractivity contribution in [2.75, 3.05) is 20.3 Å². The molecule has 2 aromatic heterocycles. The Morgan fingerprint density at radius 2 is 2.12 bits per heavy atom. The highest BCUT2D eigenvalue weighted by Gasteiger charge is 2.16. The third-order valence-electron chi connectivity index (χ3n) is 3.74. The molecule has 0 atom stereocenters. The van der Waals surface area contributed by atoms with Crippen LogP contribution in [0.15, 0.2) is 33.5 Å². The highest BCUT2D eigenvalue weighted by Crippen LogP contribution is 2.16. The monoisotopic (exact) mass is 360 g/mol. The van der Waals surface area contributed by atoms with E-state index in [9.17, 15) is 19.5 Å². The van der Waals surface area contributed by atoms with Crippen LogP contribution in [-0.4, -0.2) is 41.6 Å². The molecule has 0 saturated heterocycles. The number of nitrogens with zero attached hydrogens (tertiary/aromatic N) is 1. The zero-order chi connectivity index (χ0) is 19.3. The zero-order valence-electron chi connectivity index (χ0n) is 14.7. The molecule has 0 radical (unpaired) electrons. The third-order valence-corrected chi connectivity index (χ3v) is 3.74. The lowest BCUT2D eigenvalue weighted by atomic mass is 10.1. The number of pyridine rings is 1. The van der Waals surface area contributed by atoms with Gasteiger partial charge in [0.05, 0.1) is 6.61 Å². The number of ether oxygens (including phenoxy) is 1. The van der Waals surface area contributed by atoms with Crippen molar-refractivity contribution in [3.8, 4) is 5.75 Å². The van der Waals surface area contributed by atoms with E-state index >= 15 is 0 Å². The van der Waals surface area contributed by atoms with Gasteiger partial charge in [-0.2, -0.15) is 0 Å². The highest BCUT2D eigenvalue weighted by molar-refractivity contribution is 6.08. The minimum absolute atomic E-state index is 0.0855. The summed E-state index contributed by atoms with van der Waals surface area (Å²) in [5.74, 6) is -1.09. The Bertz CT molecular complexity index is 907. The van der Waals surface area contributed by atoms with Gasteiger partial charge in [0, 0.05) is 32.5 Å². The van der Waals surface area contributed by atoms with Crippen LogP contribution in [0, 0.1) is 6.92 Å². The predicted molar refractivity (Wildman–Crippen MR) is 94.4 cm³/mol. The first-order valence-corrected chi connectivity index (χ1v) is 7.84. The van der Waals surface area contributed by atoms with E-state index in [0.717, 1.165) is 6.08 Å². The van der Waals surface area contributed by atoms with Gasteiger partial charge < -0.3 is 24.1 Å². The maximum Gasteiger partial charge on any atom is 0.287 e. The molecular formula is C18H20N2O6. The van der Waals surface area contributed by atoms with Gasteiger partial charge in [0.15, 0.2) is 11.5 Å². The Labute approximate surface area is 149 Å². The molecule has 0 bridgehead atoms. The van der Waals surface area contributed by atoms with Crippen LogP contribution in [0.3, 0.4) is 0 Å². The van der Waals surface area contributed by atoms with Crippen LogP contribution < -0.4 is 10.9 Å². The summed E-state index contributed by atoms with van der Waals surface area (Å²) in [6.45, 7) is 2.37. The fraction of sp³-hybridized carbons (Fsp3) is 0.278. The van der Waals surface area contributed by atoms with Crippen LogP contribution >= 0.6 is 0 Å². The fourth-order valence-corrected chi connectivity index (χ4v) is 2.20. The quantitative estimate of drug-likeness (QED) is 0.437. The first kappa shape index (κ1) is 19.2. The number of rotatable bonds is 7. The lowest BCUT2D eigenvalue weighted by Gasteiger charge is -2.07. The van der Waals surface area contributed by atoms with E-state index in [0.29, 0.717) is 18.8 Å². The van der Waals surface area contributed by atoms with Gasteiger partial charge in [-0.05, 0) is 31.2 Å². The highest BCUT2D eigenvalue weighted by atomic mass is 16.5.